The second kappa shape index (κ2) is 7.79. The van der Waals surface area contributed by atoms with Crippen molar-refractivity contribution in [1.29, 1.82) is 0 Å². The Labute approximate surface area is 149 Å². The molecule has 2 saturated heterocycles. The number of amides is 1. The van der Waals surface area contributed by atoms with Crippen LogP contribution in [0.1, 0.15) is 37.7 Å². The number of fused-ring (bicyclic) bond motifs is 2. The standard InChI is InChI=1S/C19H28N2O2S/c1-21(12-13-4-7-18(24-3)17(10-13)23-2)19(22)11-14-8-15-5-6-16(9-14)20-15/h4,7,10,14-16,20H,5-6,8-9,11-12H2,1-3H3. The molecule has 4 nitrogen and oxygen atoms in total. The maximum absolute atomic E-state index is 12.6. The summed E-state index contributed by atoms with van der Waals surface area (Å²) in [7, 11) is 3.60. The minimum atomic E-state index is 0.259. The molecule has 2 heterocycles. The largest absolute Gasteiger partial charge is 0.496 e. The van der Waals surface area contributed by atoms with E-state index in [1.165, 1.54) is 12.8 Å². The van der Waals surface area contributed by atoms with Gasteiger partial charge < -0.3 is 15.0 Å². The van der Waals surface area contributed by atoms with E-state index in [4.69, 9.17) is 4.74 Å². The van der Waals surface area contributed by atoms with E-state index < -0.39 is 0 Å². The normalized spacial score (nSPS) is 25.5. The molecule has 2 aliphatic rings. The van der Waals surface area contributed by atoms with Crippen LogP contribution < -0.4 is 10.1 Å². The minimum Gasteiger partial charge on any atom is -0.496 e. The first-order chi connectivity index (χ1) is 11.6. The van der Waals surface area contributed by atoms with Gasteiger partial charge in [0, 0.05) is 37.0 Å². The van der Waals surface area contributed by atoms with Crippen LogP contribution in [0.15, 0.2) is 23.1 Å². The quantitative estimate of drug-likeness (QED) is 0.801. The van der Waals surface area contributed by atoms with Crippen molar-refractivity contribution in [3.63, 3.8) is 0 Å². The summed E-state index contributed by atoms with van der Waals surface area (Å²) in [6.45, 7) is 0.641. The van der Waals surface area contributed by atoms with E-state index in [-0.39, 0.29) is 5.91 Å². The number of hydrogen-bond acceptors (Lipinski definition) is 4. The van der Waals surface area contributed by atoms with E-state index in [1.807, 2.05) is 24.3 Å². The Balaban J connectivity index is 1.56. The lowest BCUT2D eigenvalue weighted by molar-refractivity contribution is -0.131. The van der Waals surface area contributed by atoms with Gasteiger partial charge >= 0.3 is 0 Å². The van der Waals surface area contributed by atoms with Crippen molar-refractivity contribution < 1.29 is 9.53 Å². The average Bonchev–Trinajstić information content (AvgIpc) is 2.93. The summed E-state index contributed by atoms with van der Waals surface area (Å²) in [6.07, 6.45) is 7.61. The van der Waals surface area contributed by atoms with Crippen molar-refractivity contribution in [1.82, 2.24) is 10.2 Å². The highest BCUT2D eigenvalue weighted by Gasteiger charge is 2.34. The van der Waals surface area contributed by atoms with E-state index in [0.29, 0.717) is 31.0 Å². The minimum absolute atomic E-state index is 0.259. The van der Waals surface area contributed by atoms with Gasteiger partial charge in [0.2, 0.25) is 5.91 Å². The molecule has 0 saturated carbocycles. The van der Waals surface area contributed by atoms with Crippen LogP contribution in [0, 0.1) is 5.92 Å². The van der Waals surface area contributed by atoms with Gasteiger partial charge in [-0.2, -0.15) is 0 Å². The smallest absolute Gasteiger partial charge is 0.222 e. The lowest BCUT2D eigenvalue weighted by atomic mass is 9.89. The van der Waals surface area contributed by atoms with Crippen molar-refractivity contribution >= 4 is 17.7 Å². The lowest BCUT2D eigenvalue weighted by Crippen LogP contribution is -2.39. The van der Waals surface area contributed by atoms with Crippen molar-refractivity contribution in [3.8, 4) is 5.75 Å². The summed E-state index contributed by atoms with van der Waals surface area (Å²) < 4.78 is 5.44. The highest BCUT2D eigenvalue weighted by atomic mass is 32.2. The Morgan fingerprint density at radius 3 is 2.67 bits per heavy atom. The molecule has 5 heteroatoms. The van der Waals surface area contributed by atoms with Gasteiger partial charge in [0.05, 0.1) is 7.11 Å². The number of nitrogens with zero attached hydrogens (tertiary/aromatic N) is 1. The highest BCUT2D eigenvalue weighted by Crippen LogP contribution is 2.33. The van der Waals surface area contributed by atoms with Crippen LogP contribution in [-0.2, 0) is 11.3 Å². The molecule has 132 valence electrons. The van der Waals surface area contributed by atoms with Gasteiger partial charge in [0.15, 0.2) is 0 Å². The summed E-state index contributed by atoms with van der Waals surface area (Å²) in [5.74, 6) is 1.69. The molecule has 2 fully saturated rings. The van der Waals surface area contributed by atoms with Crippen molar-refractivity contribution in [2.24, 2.45) is 5.92 Å². The van der Waals surface area contributed by atoms with Crippen molar-refractivity contribution in [2.75, 3.05) is 20.4 Å². The number of rotatable bonds is 6. The number of ether oxygens (including phenoxy) is 1. The highest BCUT2D eigenvalue weighted by molar-refractivity contribution is 7.98. The molecule has 1 aromatic carbocycles. The number of carbonyl (C=O) groups is 1. The van der Waals surface area contributed by atoms with Crippen LogP contribution >= 0.6 is 11.8 Å². The first kappa shape index (κ1) is 17.6. The van der Waals surface area contributed by atoms with Crippen LogP contribution in [-0.4, -0.2) is 43.3 Å². The van der Waals surface area contributed by atoms with Gasteiger partial charge in [-0.1, -0.05) is 6.07 Å². The zero-order valence-electron chi connectivity index (χ0n) is 14.9. The molecular formula is C19H28N2O2S. The fraction of sp³-hybridized carbons (Fsp3) is 0.632. The third-order valence-electron chi connectivity index (χ3n) is 5.33. The molecule has 2 aliphatic heterocycles. The second-order valence-corrected chi connectivity index (χ2v) is 7.97. The molecule has 1 aromatic rings. The second-order valence-electron chi connectivity index (χ2n) is 7.12. The SMILES string of the molecule is COc1cc(CN(C)C(=O)CC2CC3CCC(C2)N3)ccc1SC. The van der Waals surface area contributed by atoms with E-state index in [1.54, 1.807) is 18.9 Å². The Morgan fingerprint density at radius 1 is 1.33 bits per heavy atom. The van der Waals surface area contributed by atoms with E-state index >= 15 is 0 Å². The molecule has 0 aliphatic carbocycles. The summed E-state index contributed by atoms with van der Waals surface area (Å²) in [5.41, 5.74) is 1.12. The number of nitrogens with one attached hydrogen (secondary N) is 1. The molecule has 24 heavy (non-hydrogen) atoms. The number of hydrogen-bond donors (Lipinski definition) is 1. The number of methoxy groups -OCH3 is 1. The molecule has 0 aromatic heterocycles. The van der Waals surface area contributed by atoms with Gasteiger partial charge in [-0.15, -0.1) is 11.8 Å². The zero-order chi connectivity index (χ0) is 17.1. The van der Waals surface area contributed by atoms with Gasteiger partial charge in [-0.25, -0.2) is 0 Å². The maximum Gasteiger partial charge on any atom is 0.222 e. The molecule has 0 radical (unpaired) electrons. The number of carbonyl (C=O) groups excluding carboxylic acids is 1. The Kier molecular flexibility index (Phi) is 5.72. The first-order valence-electron chi connectivity index (χ1n) is 8.80. The molecule has 0 spiro atoms. The van der Waals surface area contributed by atoms with Gasteiger partial charge in [0.25, 0.3) is 0 Å². The Hall–Kier alpha value is -1.20. The van der Waals surface area contributed by atoms with Crippen LogP contribution in [0.4, 0.5) is 0 Å². The van der Waals surface area contributed by atoms with Crippen molar-refractivity contribution in [3.05, 3.63) is 23.8 Å². The molecule has 2 atom stereocenters. The van der Waals surface area contributed by atoms with Crippen molar-refractivity contribution in [2.45, 2.75) is 55.6 Å². The first-order valence-corrected chi connectivity index (χ1v) is 10.0. The molecule has 1 N–H and O–H groups in total. The van der Waals surface area contributed by atoms with E-state index in [2.05, 4.69) is 17.4 Å². The Morgan fingerprint density at radius 2 is 2.04 bits per heavy atom. The molecule has 2 bridgehead atoms. The number of benzene rings is 1. The van der Waals surface area contributed by atoms with Crippen LogP contribution in [0.2, 0.25) is 0 Å². The number of thioether (sulfide) groups is 1. The molecule has 2 unspecified atom stereocenters. The summed E-state index contributed by atoms with van der Waals surface area (Å²) in [4.78, 5) is 15.6. The number of piperidine rings is 1. The predicted molar refractivity (Wildman–Crippen MR) is 98.5 cm³/mol. The van der Waals surface area contributed by atoms with E-state index in [9.17, 15) is 4.79 Å². The summed E-state index contributed by atoms with van der Waals surface area (Å²) in [5, 5.41) is 3.65. The monoisotopic (exact) mass is 348 g/mol. The van der Waals surface area contributed by atoms with Crippen LogP contribution in [0.3, 0.4) is 0 Å². The fourth-order valence-corrected chi connectivity index (χ4v) is 4.63. The average molecular weight is 349 g/mol. The predicted octanol–water partition coefficient (Wildman–Crippen LogP) is 3.30. The summed E-state index contributed by atoms with van der Waals surface area (Å²) >= 11 is 1.67. The molecular weight excluding hydrogens is 320 g/mol. The maximum atomic E-state index is 12.6. The van der Waals surface area contributed by atoms with Gasteiger partial charge in [0.1, 0.15) is 5.75 Å². The lowest BCUT2D eigenvalue weighted by Gasteiger charge is -2.30. The Bertz CT molecular complexity index is 581. The van der Waals surface area contributed by atoms with E-state index in [0.717, 1.165) is 29.1 Å². The summed E-state index contributed by atoms with van der Waals surface area (Å²) in [6, 6.07) is 7.50. The third-order valence-corrected chi connectivity index (χ3v) is 6.10. The topological polar surface area (TPSA) is 41.6 Å². The zero-order valence-corrected chi connectivity index (χ0v) is 15.7. The van der Waals surface area contributed by atoms with Gasteiger partial charge in [-0.05, 0) is 55.6 Å². The fourth-order valence-electron chi connectivity index (χ4n) is 4.09. The van der Waals surface area contributed by atoms with Crippen LogP contribution in [0.5, 0.6) is 5.75 Å². The van der Waals surface area contributed by atoms with Gasteiger partial charge in [-0.3, -0.25) is 4.79 Å². The third kappa shape index (κ3) is 4.06. The molecule has 3 rings (SSSR count). The molecule has 1 amide bonds. The van der Waals surface area contributed by atoms with Crippen LogP contribution in [0.25, 0.3) is 0 Å².